The molecule has 0 radical (unpaired) electrons. The predicted molar refractivity (Wildman–Crippen MR) is 77.4 cm³/mol. The van der Waals surface area contributed by atoms with Gasteiger partial charge in [0.25, 0.3) is 5.91 Å². The largest absolute Gasteiger partial charge is 0.481 e. The van der Waals surface area contributed by atoms with Crippen LogP contribution in [0, 0.1) is 6.92 Å². The second kappa shape index (κ2) is 6.49. The van der Waals surface area contributed by atoms with Gasteiger partial charge in [-0.3, -0.25) is 14.9 Å². The lowest BCUT2D eigenvalue weighted by Crippen LogP contribution is -2.12. The Morgan fingerprint density at radius 3 is 2.80 bits per heavy atom. The van der Waals surface area contributed by atoms with Crippen LogP contribution in [0.15, 0.2) is 28.6 Å². The van der Waals surface area contributed by atoms with E-state index in [9.17, 15) is 9.59 Å². The molecule has 0 fully saturated rings. The van der Waals surface area contributed by atoms with Gasteiger partial charge < -0.3 is 5.11 Å². The number of hydrogen-bond donors (Lipinski definition) is 2. The number of hydrogen-bond acceptors (Lipinski definition) is 6. The van der Waals surface area contributed by atoms with Crippen molar-refractivity contribution in [3.63, 3.8) is 0 Å². The third-order valence-electron chi connectivity index (χ3n) is 2.34. The molecule has 2 aromatic rings. The fourth-order valence-corrected chi connectivity index (χ4v) is 2.90. The van der Waals surface area contributed by atoms with Gasteiger partial charge in [-0.15, -0.1) is 10.2 Å². The Hall–Kier alpha value is -1.93. The molecule has 2 N–H and O–H groups in total. The second-order valence-electron chi connectivity index (χ2n) is 3.82. The van der Waals surface area contributed by atoms with Crippen molar-refractivity contribution in [2.24, 2.45) is 0 Å². The highest BCUT2D eigenvalue weighted by Crippen LogP contribution is 2.25. The third-order valence-corrected chi connectivity index (χ3v) is 4.29. The number of carbonyl (C=O) groups is 2. The normalized spacial score (nSPS) is 10.2. The number of carbonyl (C=O) groups excluding carboxylic acids is 1. The average molecular weight is 309 g/mol. The number of aryl methyl sites for hydroxylation is 1. The molecule has 8 heteroatoms. The van der Waals surface area contributed by atoms with Crippen molar-refractivity contribution >= 4 is 40.1 Å². The van der Waals surface area contributed by atoms with Gasteiger partial charge in [-0.25, -0.2) is 0 Å². The fourth-order valence-electron chi connectivity index (χ4n) is 1.43. The summed E-state index contributed by atoms with van der Waals surface area (Å²) in [5, 5.41) is 19.2. The van der Waals surface area contributed by atoms with E-state index in [0.717, 1.165) is 28.7 Å². The molecule has 1 aromatic carbocycles. The molecule has 1 aromatic heterocycles. The first-order valence-corrected chi connectivity index (χ1v) is 7.41. The molecule has 0 aliphatic carbocycles. The predicted octanol–water partition coefficient (Wildman–Crippen LogP) is 2.28. The monoisotopic (exact) mass is 309 g/mol. The summed E-state index contributed by atoms with van der Waals surface area (Å²) in [6.45, 7) is 1.85. The van der Waals surface area contributed by atoms with E-state index in [4.69, 9.17) is 5.11 Å². The first kappa shape index (κ1) is 14.5. The molecule has 0 aliphatic rings. The molecule has 6 nitrogen and oxygen atoms in total. The van der Waals surface area contributed by atoms with E-state index in [2.05, 4.69) is 15.5 Å². The first-order valence-electron chi connectivity index (χ1n) is 5.61. The second-order valence-corrected chi connectivity index (χ2v) is 6.02. The number of carboxylic acid groups (broad SMARTS) is 1. The molecule has 20 heavy (non-hydrogen) atoms. The Morgan fingerprint density at radius 1 is 1.35 bits per heavy atom. The van der Waals surface area contributed by atoms with Crippen molar-refractivity contribution in [2.75, 3.05) is 11.1 Å². The topological polar surface area (TPSA) is 92.2 Å². The van der Waals surface area contributed by atoms with Crippen molar-refractivity contribution in [1.82, 2.24) is 10.2 Å². The van der Waals surface area contributed by atoms with Crippen LogP contribution >= 0.6 is 23.1 Å². The molecule has 2 rings (SSSR count). The molecule has 1 amide bonds. The van der Waals surface area contributed by atoms with Gasteiger partial charge in [-0.2, -0.15) is 0 Å². The third kappa shape index (κ3) is 3.78. The minimum absolute atomic E-state index is 0.0830. The highest BCUT2D eigenvalue weighted by atomic mass is 32.2. The Labute approximate surface area is 123 Å². The van der Waals surface area contributed by atoms with Gasteiger partial charge in [0.05, 0.1) is 5.75 Å². The lowest BCUT2D eigenvalue weighted by atomic mass is 10.1. The molecular weight excluding hydrogens is 298 g/mol. The van der Waals surface area contributed by atoms with Crippen LogP contribution in [0.25, 0.3) is 0 Å². The lowest BCUT2D eigenvalue weighted by Gasteiger charge is -2.03. The number of anilines is 1. The van der Waals surface area contributed by atoms with Gasteiger partial charge in [0, 0.05) is 5.56 Å². The van der Waals surface area contributed by atoms with Crippen molar-refractivity contribution in [3.05, 3.63) is 35.4 Å². The molecule has 0 aliphatic heterocycles. The van der Waals surface area contributed by atoms with Crippen molar-refractivity contribution in [2.45, 2.75) is 11.3 Å². The number of amides is 1. The summed E-state index contributed by atoms with van der Waals surface area (Å²) in [4.78, 5) is 22.5. The molecule has 0 saturated carbocycles. The maximum Gasteiger partial charge on any atom is 0.313 e. The summed E-state index contributed by atoms with van der Waals surface area (Å²) in [7, 11) is 0. The Balaban J connectivity index is 2.02. The van der Waals surface area contributed by atoms with Crippen LogP contribution in [-0.4, -0.2) is 32.9 Å². The van der Waals surface area contributed by atoms with Crippen LogP contribution in [0.1, 0.15) is 15.9 Å². The lowest BCUT2D eigenvalue weighted by molar-refractivity contribution is -0.133. The Morgan fingerprint density at radius 2 is 2.10 bits per heavy atom. The van der Waals surface area contributed by atoms with E-state index >= 15 is 0 Å². The van der Waals surface area contributed by atoms with Crippen molar-refractivity contribution < 1.29 is 14.7 Å². The molecule has 104 valence electrons. The van der Waals surface area contributed by atoms with Gasteiger partial charge in [0.1, 0.15) is 0 Å². The zero-order valence-corrected chi connectivity index (χ0v) is 12.1. The summed E-state index contributed by atoms with van der Waals surface area (Å²) in [5.74, 6) is -1.26. The van der Waals surface area contributed by atoms with Crippen LogP contribution in [0.3, 0.4) is 0 Å². The fraction of sp³-hybridized carbons (Fsp3) is 0.167. The van der Waals surface area contributed by atoms with E-state index in [1.54, 1.807) is 12.1 Å². The van der Waals surface area contributed by atoms with Gasteiger partial charge in [0.15, 0.2) is 4.34 Å². The molecule has 0 bridgehead atoms. The summed E-state index contributed by atoms with van der Waals surface area (Å²) >= 11 is 2.22. The van der Waals surface area contributed by atoms with E-state index in [0.29, 0.717) is 15.0 Å². The van der Waals surface area contributed by atoms with Crippen molar-refractivity contribution in [3.8, 4) is 0 Å². The average Bonchev–Trinajstić information content (AvgIpc) is 2.84. The molecule has 0 saturated heterocycles. The molecule has 1 heterocycles. The zero-order chi connectivity index (χ0) is 14.5. The molecular formula is C12H11N3O3S2. The number of benzene rings is 1. The van der Waals surface area contributed by atoms with Gasteiger partial charge in [-0.1, -0.05) is 41.3 Å². The van der Waals surface area contributed by atoms with Gasteiger partial charge >= 0.3 is 5.97 Å². The number of aromatic nitrogens is 2. The van der Waals surface area contributed by atoms with E-state index in [1.165, 1.54) is 0 Å². The summed E-state index contributed by atoms with van der Waals surface area (Å²) in [6.07, 6.45) is 0. The summed E-state index contributed by atoms with van der Waals surface area (Å²) in [5.41, 5.74) is 1.44. The van der Waals surface area contributed by atoms with E-state index < -0.39 is 5.97 Å². The number of thioether (sulfide) groups is 1. The highest BCUT2D eigenvalue weighted by molar-refractivity contribution is 8.01. The standard InChI is InChI=1S/C12H11N3O3S2/c1-7-4-2-3-5-8(7)10(18)13-11-14-15-12(20-11)19-6-9(16)17/h2-5H,6H2,1H3,(H,16,17)(H,13,14,18). The Bertz CT molecular complexity index is 642. The maximum atomic E-state index is 12.0. The van der Waals surface area contributed by atoms with Crippen LogP contribution < -0.4 is 5.32 Å². The number of aliphatic carboxylic acids is 1. The minimum Gasteiger partial charge on any atom is -0.481 e. The molecule has 0 spiro atoms. The zero-order valence-electron chi connectivity index (χ0n) is 10.5. The number of carboxylic acids is 1. The quantitative estimate of drug-likeness (QED) is 0.650. The van der Waals surface area contributed by atoms with Crippen molar-refractivity contribution in [1.29, 1.82) is 0 Å². The van der Waals surface area contributed by atoms with Crippen LogP contribution in [0.4, 0.5) is 5.13 Å². The van der Waals surface area contributed by atoms with Crippen LogP contribution in [-0.2, 0) is 4.79 Å². The number of nitrogens with one attached hydrogen (secondary N) is 1. The first-order chi connectivity index (χ1) is 9.56. The number of rotatable bonds is 5. The minimum atomic E-state index is -0.921. The van der Waals surface area contributed by atoms with Crippen LogP contribution in [0.5, 0.6) is 0 Å². The maximum absolute atomic E-state index is 12.0. The summed E-state index contributed by atoms with van der Waals surface area (Å²) < 4.78 is 0.507. The van der Waals surface area contributed by atoms with E-state index in [1.807, 2.05) is 19.1 Å². The number of nitrogens with zero attached hydrogens (tertiary/aromatic N) is 2. The van der Waals surface area contributed by atoms with E-state index in [-0.39, 0.29) is 11.7 Å². The van der Waals surface area contributed by atoms with Gasteiger partial charge in [0.2, 0.25) is 5.13 Å². The van der Waals surface area contributed by atoms with Crippen LogP contribution in [0.2, 0.25) is 0 Å². The van der Waals surface area contributed by atoms with Gasteiger partial charge in [-0.05, 0) is 18.6 Å². The SMILES string of the molecule is Cc1ccccc1C(=O)Nc1nnc(SCC(=O)O)s1. The molecule has 0 unspecified atom stereocenters. The Kier molecular flexibility index (Phi) is 4.70. The highest BCUT2D eigenvalue weighted by Gasteiger charge is 2.12. The summed E-state index contributed by atoms with van der Waals surface area (Å²) in [6, 6.07) is 7.23. The molecule has 0 atom stereocenters. The smallest absolute Gasteiger partial charge is 0.313 e.